The summed E-state index contributed by atoms with van der Waals surface area (Å²) in [5.41, 5.74) is 6.52. The molecule has 4 atom stereocenters. The topological polar surface area (TPSA) is 176 Å². The van der Waals surface area contributed by atoms with Crippen LogP contribution in [0, 0.1) is 5.92 Å². The van der Waals surface area contributed by atoms with Crippen molar-refractivity contribution in [3.05, 3.63) is 78.0 Å². The lowest BCUT2D eigenvalue weighted by molar-refractivity contribution is -0.128. The first-order valence-corrected chi connectivity index (χ1v) is 14.8. The van der Waals surface area contributed by atoms with Crippen molar-refractivity contribution in [1.29, 1.82) is 0 Å². The molecule has 0 spiro atoms. The third-order valence-electron chi connectivity index (χ3n) is 6.94. The molecule has 0 aliphatic rings. The smallest absolute Gasteiger partial charge is 0.270 e. The van der Waals surface area contributed by atoms with E-state index < -0.39 is 53.9 Å². The fraction of sp³-hybridized carbons (Fsp3) is 0.424. The van der Waals surface area contributed by atoms with Crippen molar-refractivity contribution < 1.29 is 24.3 Å². The quantitative estimate of drug-likeness (QED) is 0.163. The van der Waals surface area contributed by atoms with E-state index >= 15 is 0 Å². The van der Waals surface area contributed by atoms with Gasteiger partial charge in [0.15, 0.2) is 0 Å². The van der Waals surface area contributed by atoms with Crippen LogP contribution in [0.4, 0.5) is 0 Å². The molecule has 0 aliphatic carbocycles. The highest BCUT2D eigenvalue weighted by Gasteiger charge is 2.31. The standard InChI is InChI=1S/C33H44N6O5/c1-20(2)29(32(44)39-33(3,4)5)35-19-27(40)25(17-21-11-7-6-8-12-21)37-31(43)26(18-28(34)41)38-30(42)24-16-15-22-13-9-10-14-23(22)36-24/h6-16,20,25-27,29,35,40H,17-19H2,1-5H3,(H2,34,41)(H,37,43)(H,38,42)(H,39,44). The number of aliphatic hydroxyl groups excluding tert-OH is 1. The zero-order valence-corrected chi connectivity index (χ0v) is 26.0. The van der Waals surface area contributed by atoms with Crippen molar-refractivity contribution in [3.63, 3.8) is 0 Å². The molecule has 44 heavy (non-hydrogen) atoms. The summed E-state index contributed by atoms with van der Waals surface area (Å²) in [6.07, 6.45) is -1.34. The molecular weight excluding hydrogens is 560 g/mol. The number of primary amides is 1. The number of hydrogen-bond donors (Lipinski definition) is 6. The number of nitrogens with one attached hydrogen (secondary N) is 4. The minimum Gasteiger partial charge on any atom is -0.390 e. The third kappa shape index (κ3) is 10.4. The molecule has 11 nitrogen and oxygen atoms in total. The van der Waals surface area contributed by atoms with Crippen LogP contribution in [0.3, 0.4) is 0 Å². The molecule has 7 N–H and O–H groups in total. The molecule has 3 rings (SSSR count). The maximum Gasteiger partial charge on any atom is 0.270 e. The lowest BCUT2D eigenvalue weighted by Gasteiger charge is -2.31. The van der Waals surface area contributed by atoms with Gasteiger partial charge in [0.1, 0.15) is 11.7 Å². The van der Waals surface area contributed by atoms with Gasteiger partial charge in [-0.15, -0.1) is 0 Å². The highest BCUT2D eigenvalue weighted by atomic mass is 16.3. The van der Waals surface area contributed by atoms with Crippen LogP contribution in [-0.4, -0.2) is 70.0 Å². The van der Waals surface area contributed by atoms with E-state index in [1.807, 2.05) is 77.1 Å². The van der Waals surface area contributed by atoms with Crippen molar-refractivity contribution in [2.45, 2.75) is 77.2 Å². The number of para-hydroxylation sites is 1. The van der Waals surface area contributed by atoms with E-state index in [-0.39, 0.29) is 30.5 Å². The zero-order valence-electron chi connectivity index (χ0n) is 26.0. The number of hydrogen-bond acceptors (Lipinski definition) is 7. The van der Waals surface area contributed by atoms with E-state index in [2.05, 4.69) is 26.3 Å². The Bertz CT molecular complexity index is 1440. The first-order chi connectivity index (χ1) is 20.7. The van der Waals surface area contributed by atoms with Gasteiger partial charge in [-0.1, -0.05) is 68.4 Å². The molecule has 3 aromatic rings. The van der Waals surface area contributed by atoms with Crippen LogP contribution < -0.4 is 27.0 Å². The SMILES string of the molecule is CC(C)C(NCC(O)C(Cc1ccccc1)NC(=O)C(CC(N)=O)NC(=O)c1ccc2ccccc2n1)C(=O)NC(C)(C)C. The van der Waals surface area contributed by atoms with Crippen molar-refractivity contribution in [1.82, 2.24) is 26.3 Å². The summed E-state index contributed by atoms with van der Waals surface area (Å²) in [5, 5.41) is 23.6. The zero-order chi connectivity index (χ0) is 32.4. The Morgan fingerprint density at radius 2 is 1.55 bits per heavy atom. The molecule has 0 saturated heterocycles. The van der Waals surface area contributed by atoms with Crippen LogP contribution in [0.2, 0.25) is 0 Å². The van der Waals surface area contributed by atoms with Crippen molar-refractivity contribution in [2.24, 2.45) is 11.7 Å². The fourth-order valence-corrected chi connectivity index (χ4v) is 4.74. The Balaban J connectivity index is 1.78. The van der Waals surface area contributed by atoms with E-state index in [0.717, 1.165) is 10.9 Å². The Labute approximate surface area is 258 Å². The molecule has 2 aromatic carbocycles. The van der Waals surface area contributed by atoms with Crippen LogP contribution >= 0.6 is 0 Å². The van der Waals surface area contributed by atoms with Crippen molar-refractivity contribution >= 4 is 34.5 Å². The highest BCUT2D eigenvalue weighted by molar-refractivity contribution is 5.99. The summed E-state index contributed by atoms with van der Waals surface area (Å²) in [4.78, 5) is 55.8. The number of fused-ring (bicyclic) bond motifs is 1. The van der Waals surface area contributed by atoms with Gasteiger partial charge >= 0.3 is 0 Å². The van der Waals surface area contributed by atoms with Gasteiger partial charge in [-0.3, -0.25) is 19.2 Å². The molecule has 0 saturated carbocycles. The van der Waals surface area contributed by atoms with Crippen LogP contribution in [-0.2, 0) is 20.8 Å². The normalized spacial score (nSPS) is 14.3. The molecule has 236 valence electrons. The lowest BCUT2D eigenvalue weighted by Crippen LogP contribution is -2.58. The van der Waals surface area contributed by atoms with E-state index in [9.17, 15) is 24.3 Å². The minimum absolute atomic E-state index is 0.00789. The predicted molar refractivity (Wildman–Crippen MR) is 169 cm³/mol. The van der Waals surface area contributed by atoms with Gasteiger partial charge in [-0.25, -0.2) is 4.98 Å². The summed E-state index contributed by atoms with van der Waals surface area (Å²) in [5.74, 6) is -2.41. The summed E-state index contributed by atoms with van der Waals surface area (Å²) in [6.45, 7) is 9.46. The maximum atomic E-state index is 13.5. The number of nitrogens with two attached hydrogens (primary N) is 1. The molecule has 1 aromatic heterocycles. The fourth-order valence-electron chi connectivity index (χ4n) is 4.74. The van der Waals surface area contributed by atoms with Gasteiger partial charge in [0.2, 0.25) is 17.7 Å². The Morgan fingerprint density at radius 3 is 2.18 bits per heavy atom. The van der Waals surface area contributed by atoms with Crippen molar-refractivity contribution in [3.8, 4) is 0 Å². The molecule has 4 amide bonds. The second-order valence-electron chi connectivity index (χ2n) is 12.3. The summed E-state index contributed by atoms with van der Waals surface area (Å²) < 4.78 is 0. The van der Waals surface area contributed by atoms with Crippen LogP contribution in [0.25, 0.3) is 10.9 Å². The molecule has 1 heterocycles. The number of pyridine rings is 1. The van der Waals surface area contributed by atoms with Gasteiger partial charge in [0.05, 0.1) is 30.1 Å². The first kappa shape index (κ1) is 34.1. The highest BCUT2D eigenvalue weighted by Crippen LogP contribution is 2.13. The average molecular weight is 605 g/mol. The van der Waals surface area contributed by atoms with E-state index in [0.29, 0.717) is 5.52 Å². The van der Waals surface area contributed by atoms with E-state index in [1.165, 1.54) is 6.07 Å². The minimum atomic E-state index is -1.31. The van der Waals surface area contributed by atoms with E-state index in [4.69, 9.17) is 5.73 Å². The number of nitrogens with zero attached hydrogens (tertiary/aromatic N) is 1. The summed E-state index contributed by atoms with van der Waals surface area (Å²) in [6, 6.07) is 17.1. The Morgan fingerprint density at radius 1 is 0.886 bits per heavy atom. The number of amides is 4. The number of aromatic nitrogens is 1. The largest absolute Gasteiger partial charge is 0.390 e. The van der Waals surface area contributed by atoms with Gasteiger partial charge in [0, 0.05) is 17.5 Å². The number of rotatable bonds is 14. The molecular formula is C33H44N6O5. The Kier molecular flexibility index (Phi) is 11.9. The number of benzene rings is 2. The number of carbonyl (C=O) groups is 4. The van der Waals surface area contributed by atoms with Crippen LogP contribution in [0.5, 0.6) is 0 Å². The number of carbonyl (C=O) groups excluding carboxylic acids is 4. The van der Waals surface area contributed by atoms with Crippen LogP contribution in [0.1, 0.15) is 57.1 Å². The average Bonchev–Trinajstić information content (AvgIpc) is 2.95. The van der Waals surface area contributed by atoms with Gasteiger partial charge in [-0.2, -0.15) is 0 Å². The van der Waals surface area contributed by atoms with Gasteiger partial charge in [0.25, 0.3) is 5.91 Å². The number of aliphatic hydroxyl groups is 1. The summed E-state index contributed by atoms with van der Waals surface area (Å²) in [7, 11) is 0. The Hall–Kier alpha value is -4.35. The molecule has 0 fully saturated rings. The van der Waals surface area contributed by atoms with Gasteiger partial charge in [-0.05, 0) is 50.8 Å². The third-order valence-corrected chi connectivity index (χ3v) is 6.94. The van der Waals surface area contributed by atoms with E-state index in [1.54, 1.807) is 18.2 Å². The monoisotopic (exact) mass is 604 g/mol. The molecule has 4 unspecified atom stereocenters. The predicted octanol–water partition coefficient (Wildman–Crippen LogP) is 1.83. The lowest BCUT2D eigenvalue weighted by atomic mass is 9.98. The van der Waals surface area contributed by atoms with Gasteiger partial charge < -0.3 is 32.1 Å². The second-order valence-corrected chi connectivity index (χ2v) is 12.3. The first-order valence-electron chi connectivity index (χ1n) is 14.8. The van der Waals surface area contributed by atoms with Crippen molar-refractivity contribution in [2.75, 3.05) is 6.54 Å². The second kappa shape index (κ2) is 15.4. The maximum absolute atomic E-state index is 13.5. The molecule has 0 bridgehead atoms. The van der Waals surface area contributed by atoms with Crippen LogP contribution in [0.15, 0.2) is 66.7 Å². The molecule has 0 aliphatic heterocycles. The summed E-state index contributed by atoms with van der Waals surface area (Å²) >= 11 is 0. The molecule has 0 radical (unpaired) electrons. The molecule has 11 heteroatoms.